The van der Waals surface area contributed by atoms with Crippen molar-refractivity contribution in [2.45, 2.75) is 42.9 Å². The summed E-state index contributed by atoms with van der Waals surface area (Å²) in [5.74, 6) is 6.56. The highest BCUT2D eigenvalue weighted by atomic mass is 32.2. The van der Waals surface area contributed by atoms with Crippen LogP contribution in [0.3, 0.4) is 0 Å². The van der Waals surface area contributed by atoms with Crippen LogP contribution in [0.5, 0.6) is 0 Å². The number of para-hydroxylation sites is 1. The van der Waals surface area contributed by atoms with Crippen LogP contribution in [0.25, 0.3) is 10.9 Å². The molecule has 5 N–H and O–H groups in total. The molecule has 8 nitrogen and oxygen atoms in total. The minimum Gasteiger partial charge on any atom is -0.354 e. The van der Waals surface area contributed by atoms with Crippen LogP contribution >= 0.6 is 0 Å². The lowest BCUT2D eigenvalue weighted by atomic mass is 9.82. The number of rotatable bonds is 8. The van der Waals surface area contributed by atoms with E-state index >= 15 is 0 Å². The quantitative estimate of drug-likeness (QED) is 0.166. The van der Waals surface area contributed by atoms with E-state index in [9.17, 15) is 34.8 Å². The Morgan fingerprint density at radius 1 is 0.846 bits per heavy atom. The minimum atomic E-state index is -5.14. The van der Waals surface area contributed by atoms with Gasteiger partial charge in [0.15, 0.2) is 5.82 Å². The van der Waals surface area contributed by atoms with Gasteiger partial charge in [-0.05, 0) is 67.9 Å². The molecule has 1 aromatic heterocycles. The molecule has 0 unspecified atom stereocenters. The lowest BCUT2D eigenvalue weighted by Gasteiger charge is -2.28. The average molecular weight is 577 g/mol. The third kappa shape index (κ3) is 7.08. The molecular weight excluding hydrogens is 550 g/mol. The number of benzene rings is 2. The van der Waals surface area contributed by atoms with Crippen molar-refractivity contribution < 1.29 is 34.8 Å². The van der Waals surface area contributed by atoms with Crippen LogP contribution in [0.1, 0.15) is 36.8 Å². The van der Waals surface area contributed by atoms with E-state index in [4.69, 9.17) is 5.84 Å². The zero-order valence-corrected chi connectivity index (χ0v) is 21.2. The molecule has 212 valence electrons. The minimum absolute atomic E-state index is 0.0978. The first-order valence-corrected chi connectivity index (χ1v) is 13.5. The average Bonchev–Trinajstić information content (AvgIpc) is 2.89. The summed E-state index contributed by atoms with van der Waals surface area (Å²) in [6.07, 6.45) is -7.57. The molecule has 4 rings (SSSR count). The number of aromatic nitrogens is 2. The fourth-order valence-electron chi connectivity index (χ4n) is 4.53. The normalized spacial score (nSPS) is 18.7. The molecule has 0 saturated heterocycles. The molecule has 1 saturated carbocycles. The first kappa shape index (κ1) is 28.8. The number of hydrazine groups is 1. The smallest absolute Gasteiger partial charge is 0.354 e. The maximum absolute atomic E-state index is 13.1. The Morgan fingerprint density at radius 2 is 1.41 bits per heavy atom. The van der Waals surface area contributed by atoms with Gasteiger partial charge in [-0.3, -0.25) is 0 Å². The molecular formula is C24H26F6N6O2S. The number of alkyl halides is 6. The highest BCUT2D eigenvalue weighted by Gasteiger charge is 2.38. The van der Waals surface area contributed by atoms with E-state index in [0.29, 0.717) is 36.7 Å². The highest BCUT2D eigenvalue weighted by molar-refractivity contribution is 7.89. The van der Waals surface area contributed by atoms with E-state index in [0.717, 1.165) is 18.2 Å². The summed E-state index contributed by atoms with van der Waals surface area (Å²) in [5.41, 5.74) is -0.105. The SMILES string of the molecule is NNc1nc(NC[C@H]2CC[C@H](CNS(=O)(=O)c3cc(C(F)(F)F)cc(C(F)(F)F)c3)CC2)nc2ccccc12. The summed E-state index contributed by atoms with van der Waals surface area (Å²) >= 11 is 0. The summed E-state index contributed by atoms with van der Waals surface area (Å²) in [6.45, 7) is 0.463. The van der Waals surface area contributed by atoms with Crippen LogP contribution in [-0.2, 0) is 22.4 Å². The molecule has 0 bridgehead atoms. The zero-order chi connectivity index (χ0) is 28.4. The topological polar surface area (TPSA) is 122 Å². The van der Waals surface area contributed by atoms with Gasteiger partial charge in [-0.1, -0.05) is 12.1 Å². The van der Waals surface area contributed by atoms with Crippen molar-refractivity contribution in [2.24, 2.45) is 17.7 Å². The molecule has 0 atom stereocenters. The zero-order valence-electron chi connectivity index (χ0n) is 20.4. The molecule has 2 aromatic carbocycles. The molecule has 1 fully saturated rings. The van der Waals surface area contributed by atoms with Crippen LogP contribution in [0, 0.1) is 11.8 Å². The van der Waals surface area contributed by atoms with Crippen LogP contribution < -0.4 is 21.3 Å². The van der Waals surface area contributed by atoms with Crippen molar-refractivity contribution in [3.05, 3.63) is 53.6 Å². The van der Waals surface area contributed by atoms with E-state index in [-0.39, 0.29) is 36.6 Å². The molecule has 0 amide bonds. The monoisotopic (exact) mass is 576 g/mol. The standard InChI is InChI=1S/C24H26F6N6O2S/c25-23(26,27)16-9-17(24(28,29)30)11-18(10-16)39(37,38)33-13-15-7-5-14(6-8-15)12-32-22-34-20-4-2-1-3-19(20)21(35-22)36-31/h1-4,9-11,14-15,33H,5-8,12-13,31H2,(H2,32,34,35,36)/t14-,15-. The number of nitrogens with zero attached hydrogens (tertiary/aromatic N) is 2. The first-order valence-electron chi connectivity index (χ1n) is 12.0. The second kappa shape index (κ2) is 11.1. The van der Waals surface area contributed by atoms with Gasteiger partial charge < -0.3 is 10.7 Å². The maximum atomic E-state index is 13.1. The van der Waals surface area contributed by atoms with Crippen LogP contribution in [0.4, 0.5) is 38.1 Å². The number of sulfonamides is 1. The van der Waals surface area contributed by atoms with Gasteiger partial charge in [-0.2, -0.15) is 31.3 Å². The lowest BCUT2D eigenvalue weighted by Crippen LogP contribution is -2.32. The van der Waals surface area contributed by atoms with Crippen molar-refractivity contribution in [3.8, 4) is 0 Å². The van der Waals surface area contributed by atoms with Gasteiger partial charge in [-0.15, -0.1) is 0 Å². The molecule has 1 heterocycles. The Hall–Kier alpha value is -3.17. The van der Waals surface area contributed by atoms with Crippen molar-refractivity contribution in [2.75, 3.05) is 23.8 Å². The van der Waals surface area contributed by atoms with Crippen LogP contribution in [-0.4, -0.2) is 31.5 Å². The maximum Gasteiger partial charge on any atom is 0.416 e. The third-order valence-corrected chi connectivity index (χ3v) is 8.09. The van der Waals surface area contributed by atoms with Gasteiger partial charge in [0.05, 0.1) is 21.5 Å². The van der Waals surface area contributed by atoms with Gasteiger partial charge >= 0.3 is 12.4 Å². The highest BCUT2D eigenvalue weighted by Crippen LogP contribution is 2.37. The molecule has 1 aliphatic carbocycles. The number of anilines is 2. The number of hydrogen-bond donors (Lipinski definition) is 4. The largest absolute Gasteiger partial charge is 0.416 e. The molecule has 15 heteroatoms. The fourth-order valence-corrected chi connectivity index (χ4v) is 5.72. The number of hydrogen-bond acceptors (Lipinski definition) is 7. The first-order chi connectivity index (χ1) is 18.3. The van der Waals surface area contributed by atoms with E-state index in [2.05, 4.69) is 25.4 Å². The van der Waals surface area contributed by atoms with E-state index in [1.54, 1.807) is 0 Å². The van der Waals surface area contributed by atoms with Gasteiger partial charge in [-0.25, -0.2) is 24.0 Å². The molecule has 0 radical (unpaired) electrons. The van der Waals surface area contributed by atoms with Crippen LogP contribution in [0.15, 0.2) is 47.4 Å². The molecule has 1 aliphatic rings. The van der Waals surface area contributed by atoms with Crippen molar-refractivity contribution in [1.29, 1.82) is 0 Å². The third-order valence-electron chi connectivity index (χ3n) is 6.69. The van der Waals surface area contributed by atoms with E-state index in [1.165, 1.54) is 0 Å². The number of fused-ring (bicyclic) bond motifs is 1. The van der Waals surface area contributed by atoms with Gasteiger partial charge in [0.1, 0.15) is 0 Å². The molecule has 3 aromatic rings. The van der Waals surface area contributed by atoms with E-state index in [1.807, 2.05) is 24.3 Å². The second-order valence-corrected chi connectivity index (χ2v) is 11.2. The Kier molecular flexibility index (Phi) is 8.23. The number of nitrogens with one attached hydrogen (secondary N) is 3. The van der Waals surface area contributed by atoms with Gasteiger partial charge in [0.25, 0.3) is 0 Å². The summed E-state index contributed by atoms with van der Waals surface area (Å²) in [5, 5.41) is 3.97. The Bertz CT molecular complexity index is 1390. The Balaban J connectivity index is 1.34. The van der Waals surface area contributed by atoms with Crippen LogP contribution in [0.2, 0.25) is 0 Å². The molecule has 0 aliphatic heterocycles. The number of nitrogen functional groups attached to an aromatic ring is 1. The summed E-state index contributed by atoms with van der Waals surface area (Å²) in [6, 6.07) is 7.67. The van der Waals surface area contributed by atoms with Crippen molar-refractivity contribution in [1.82, 2.24) is 14.7 Å². The predicted octanol–water partition coefficient (Wildman–Crippen LogP) is 5.15. The summed E-state index contributed by atoms with van der Waals surface area (Å²) in [4.78, 5) is 7.77. The Morgan fingerprint density at radius 3 is 1.97 bits per heavy atom. The van der Waals surface area contributed by atoms with Crippen molar-refractivity contribution >= 4 is 32.7 Å². The molecule has 0 spiro atoms. The van der Waals surface area contributed by atoms with Gasteiger partial charge in [0.2, 0.25) is 16.0 Å². The lowest BCUT2D eigenvalue weighted by molar-refractivity contribution is -0.143. The summed E-state index contributed by atoms with van der Waals surface area (Å²) < 4.78 is 106. The predicted molar refractivity (Wildman–Crippen MR) is 133 cm³/mol. The Labute approximate surface area is 220 Å². The fraction of sp³-hybridized carbons (Fsp3) is 0.417. The summed E-state index contributed by atoms with van der Waals surface area (Å²) in [7, 11) is -4.60. The number of halogens is 6. The van der Waals surface area contributed by atoms with Gasteiger partial charge in [0, 0.05) is 18.5 Å². The molecule has 39 heavy (non-hydrogen) atoms. The number of nitrogens with two attached hydrogens (primary N) is 1. The van der Waals surface area contributed by atoms with Crippen molar-refractivity contribution in [3.63, 3.8) is 0 Å². The van der Waals surface area contributed by atoms with E-state index < -0.39 is 38.4 Å². The second-order valence-electron chi connectivity index (χ2n) is 9.42.